The Hall–Kier alpha value is -2.40. The maximum absolute atomic E-state index is 12.1. The smallest absolute Gasteiger partial charge is 0.140 e. The molecule has 0 aliphatic heterocycles. The van der Waals surface area contributed by atoms with Crippen LogP contribution in [0.5, 0.6) is 0 Å². The molecule has 0 saturated heterocycles. The predicted molar refractivity (Wildman–Crippen MR) is 122 cm³/mol. The maximum Gasteiger partial charge on any atom is 0.140 e. The summed E-state index contributed by atoms with van der Waals surface area (Å²) < 4.78 is 0. The zero-order valence-electron chi connectivity index (χ0n) is 18.4. The minimum absolute atomic E-state index is 0.199. The predicted octanol–water partition coefficient (Wildman–Crippen LogP) is 3.69. The first-order valence-electron chi connectivity index (χ1n) is 10.0. The Morgan fingerprint density at radius 2 is 1.34 bits per heavy atom. The van der Waals surface area contributed by atoms with Gasteiger partial charge in [0, 0.05) is 26.2 Å². The fraction of sp³-hybridized carbons (Fsp3) is 0.360. The van der Waals surface area contributed by atoms with Gasteiger partial charge in [-0.25, -0.2) is 0 Å². The van der Waals surface area contributed by atoms with Crippen molar-refractivity contribution in [3.8, 4) is 0 Å². The Labute approximate surface area is 175 Å². The van der Waals surface area contributed by atoms with Gasteiger partial charge in [-0.2, -0.15) is 0 Å². The highest BCUT2D eigenvalue weighted by atomic mass is 16.3. The third-order valence-electron chi connectivity index (χ3n) is 6.11. The van der Waals surface area contributed by atoms with Crippen LogP contribution in [0.15, 0.2) is 78.4 Å². The monoisotopic (exact) mass is 391 g/mol. The number of benzene rings is 2. The van der Waals surface area contributed by atoms with E-state index >= 15 is 0 Å². The fourth-order valence-electron chi connectivity index (χ4n) is 4.13. The molecule has 0 heterocycles. The number of nitrogens with zero attached hydrogens (tertiary/aromatic N) is 3. The number of aliphatic hydroxyl groups is 1. The van der Waals surface area contributed by atoms with E-state index in [1.165, 1.54) is 0 Å². The van der Waals surface area contributed by atoms with Gasteiger partial charge in [-0.1, -0.05) is 54.6 Å². The lowest BCUT2D eigenvalue weighted by molar-refractivity contribution is 0.0491. The zero-order chi connectivity index (χ0) is 21.2. The topological polar surface area (TPSA) is 30.0 Å². The van der Waals surface area contributed by atoms with Crippen LogP contribution < -0.4 is 4.90 Å². The second-order valence-electron chi connectivity index (χ2n) is 8.38. The number of hydrogen-bond donors (Lipinski definition) is 1. The lowest BCUT2D eigenvalue weighted by atomic mass is 9.76. The summed E-state index contributed by atoms with van der Waals surface area (Å²) in [6.07, 6.45) is 7.25. The molecule has 4 nitrogen and oxygen atoms in total. The molecule has 4 heteroatoms. The largest absolute Gasteiger partial charge is 0.378 e. The van der Waals surface area contributed by atoms with Gasteiger partial charge in [-0.3, -0.25) is 9.80 Å². The number of rotatable bonds is 6. The van der Waals surface area contributed by atoms with Gasteiger partial charge in [0.05, 0.1) is 5.66 Å². The van der Waals surface area contributed by atoms with E-state index in [2.05, 4.69) is 73.3 Å². The van der Waals surface area contributed by atoms with Crippen LogP contribution >= 0.6 is 0 Å². The van der Waals surface area contributed by atoms with Crippen LogP contribution in [-0.2, 0) is 5.60 Å². The molecular formula is C25H33N3O. The first-order valence-corrected chi connectivity index (χ1v) is 10.0. The SMILES string of the molecule is CN(C)c1ccc(C(O)(C2=CCC(N(C)C)(N(C)C)C=C2)c2ccccc2)cc1. The van der Waals surface area contributed by atoms with E-state index in [-0.39, 0.29) is 5.66 Å². The van der Waals surface area contributed by atoms with E-state index in [1.807, 2.05) is 56.6 Å². The van der Waals surface area contributed by atoms with Crippen LogP contribution in [0.4, 0.5) is 5.69 Å². The second-order valence-corrected chi connectivity index (χ2v) is 8.38. The van der Waals surface area contributed by atoms with Crippen molar-refractivity contribution in [1.82, 2.24) is 9.80 Å². The highest BCUT2D eigenvalue weighted by Gasteiger charge is 2.39. The van der Waals surface area contributed by atoms with Crippen molar-refractivity contribution in [3.63, 3.8) is 0 Å². The summed E-state index contributed by atoms with van der Waals surface area (Å²) in [7, 11) is 12.4. The lowest BCUT2D eigenvalue weighted by Gasteiger charge is -2.45. The third-order valence-corrected chi connectivity index (χ3v) is 6.11. The van der Waals surface area contributed by atoms with E-state index < -0.39 is 5.60 Å². The first-order chi connectivity index (χ1) is 13.7. The van der Waals surface area contributed by atoms with Gasteiger partial charge in [-0.05, 0) is 63.1 Å². The highest BCUT2D eigenvalue weighted by molar-refractivity contribution is 5.54. The molecule has 1 aliphatic rings. The summed E-state index contributed by atoms with van der Waals surface area (Å²) in [5.41, 5.74) is 2.35. The molecule has 2 aromatic rings. The van der Waals surface area contributed by atoms with Gasteiger partial charge in [-0.15, -0.1) is 0 Å². The Kier molecular flexibility index (Phi) is 5.99. The first kappa shape index (κ1) is 21.3. The standard InChI is InChI=1S/C25H33N3O/c1-26(2)23-14-12-21(13-15-23)25(29,20-10-8-7-9-11-20)22-16-18-24(19-17-22,27(3)4)28(5)6/h7-18,29H,19H2,1-6H3. The third kappa shape index (κ3) is 3.76. The van der Waals surface area contributed by atoms with Crippen molar-refractivity contribution < 1.29 is 5.11 Å². The van der Waals surface area contributed by atoms with Gasteiger partial charge in [0.15, 0.2) is 0 Å². The molecule has 0 amide bonds. The molecule has 1 unspecified atom stereocenters. The minimum Gasteiger partial charge on any atom is -0.378 e. The minimum atomic E-state index is -1.20. The van der Waals surface area contributed by atoms with Crippen molar-refractivity contribution in [2.24, 2.45) is 0 Å². The molecule has 29 heavy (non-hydrogen) atoms. The Bertz CT molecular complexity index is 874. The van der Waals surface area contributed by atoms with Crippen molar-refractivity contribution >= 4 is 5.69 Å². The fourth-order valence-corrected chi connectivity index (χ4v) is 4.13. The van der Waals surface area contributed by atoms with Gasteiger partial charge in [0.2, 0.25) is 0 Å². The highest BCUT2D eigenvalue weighted by Crippen LogP contribution is 2.41. The number of likely N-dealkylation sites (N-methyl/N-ethyl adjacent to an activating group) is 2. The molecule has 0 radical (unpaired) electrons. The van der Waals surface area contributed by atoms with Crippen LogP contribution in [0.25, 0.3) is 0 Å². The average molecular weight is 392 g/mol. The van der Waals surface area contributed by atoms with Crippen LogP contribution in [0.3, 0.4) is 0 Å². The molecular weight excluding hydrogens is 358 g/mol. The van der Waals surface area contributed by atoms with E-state index in [4.69, 9.17) is 0 Å². The Morgan fingerprint density at radius 3 is 1.79 bits per heavy atom. The van der Waals surface area contributed by atoms with Crippen LogP contribution in [0, 0.1) is 0 Å². The van der Waals surface area contributed by atoms with Gasteiger partial charge in [0.1, 0.15) is 5.60 Å². The Morgan fingerprint density at radius 1 is 0.793 bits per heavy atom. The summed E-state index contributed by atoms with van der Waals surface area (Å²) in [4.78, 5) is 6.49. The Balaban J connectivity index is 2.09. The van der Waals surface area contributed by atoms with E-state index in [1.54, 1.807) is 0 Å². The summed E-state index contributed by atoms with van der Waals surface area (Å²) in [5, 5.41) is 12.1. The number of anilines is 1. The molecule has 1 aliphatic carbocycles. The molecule has 1 atom stereocenters. The average Bonchev–Trinajstić information content (AvgIpc) is 2.73. The molecule has 2 aromatic carbocycles. The van der Waals surface area contributed by atoms with Gasteiger partial charge < -0.3 is 10.0 Å². The zero-order valence-corrected chi connectivity index (χ0v) is 18.4. The van der Waals surface area contributed by atoms with Crippen LogP contribution in [0.1, 0.15) is 17.5 Å². The van der Waals surface area contributed by atoms with Crippen molar-refractivity contribution in [2.45, 2.75) is 17.7 Å². The summed E-state index contributed by atoms with van der Waals surface area (Å²) in [5.74, 6) is 0. The summed E-state index contributed by atoms with van der Waals surface area (Å²) >= 11 is 0. The maximum atomic E-state index is 12.1. The normalized spacial score (nSPS) is 17.9. The molecule has 154 valence electrons. The van der Waals surface area contributed by atoms with Crippen molar-refractivity contribution in [1.29, 1.82) is 0 Å². The quantitative estimate of drug-likeness (QED) is 0.761. The van der Waals surface area contributed by atoms with E-state index in [9.17, 15) is 5.11 Å². The summed E-state index contributed by atoms with van der Waals surface area (Å²) in [6.45, 7) is 0. The molecule has 3 rings (SSSR count). The molecule has 0 aromatic heterocycles. The van der Waals surface area contributed by atoms with Crippen LogP contribution in [-0.4, -0.2) is 62.9 Å². The van der Waals surface area contributed by atoms with Crippen molar-refractivity contribution in [3.05, 3.63) is 89.5 Å². The summed E-state index contributed by atoms with van der Waals surface area (Å²) in [6, 6.07) is 18.1. The molecule has 0 bridgehead atoms. The van der Waals surface area contributed by atoms with Crippen molar-refractivity contribution in [2.75, 3.05) is 47.2 Å². The number of hydrogen-bond acceptors (Lipinski definition) is 4. The van der Waals surface area contributed by atoms with Gasteiger partial charge >= 0.3 is 0 Å². The molecule has 0 spiro atoms. The van der Waals surface area contributed by atoms with E-state index in [0.717, 1.165) is 28.8 Å². The van der Waals surface area contributed by atoms with Crippen LogP contribution in [0.2, 0.25) is 0 Å². The second kappa shape index (κ2) is 8.15. The lowest BCUT2D eigenvalue weighted by Crippen LogP contribution is -2.54. The molecule has 1 N–H and O–H groups in total. The molecule has 0 fully saturated rings. The van der Waals surface area contributed by atoms with Gasteiger partial charge in [0.25, 0.3) is 0 Å². The van der Waals surface area contributed by atoms with E-state index in [0.29, 0.717) is 0 Å². The molecule has 0 saturated carbocycles.